The maximum Gasteiger partial charge on any atom is 0.272 e. The SMILES string of the molecule is CCCNC(=O)C(C)NCCc1ccccc1[N+](=O)[O-]. The highest BCUT2D eigenvalue weighted by molar-refractivity contribution is 5.81. The summed E-state index contributed by atoms with van der Waals surface area (Å²) in [7, 11) is 0. The van der Waals surface area contributed by atoms with Gasteiger partial charge in [-0.1, -0.05) is 25.1 Å². The lowest BCUT2D eigenvalue weighted by atomic mass is 10.1. The van der Waals surface area contributed by atoms with Crippen LogP contribution in [-0.2, 0) is 11.2 Å². The molecule has 0 aliphatic heterocycles. The number of benzene rings is 1. The van der Waals surface area contributed by atoms with Crippen molar-refractivity contribution < 1.29 is 9.72 Å². The van der Waals surface area contributed by atoms with E-state index in [1.807, 2.05) is 6.92 Å². The highest BCUT2D eigenvalue weighted by atomic mass is 16.6. The summed E-state index contributed by atoms with van der Waals surface area (Å²) in [4.78, 5) is 22.1. The number of carbonyl (C=O) groups excluding carboxylic acids is 1. The minimum Gasteiger partial charge on any atom is -0.355 e. The Hall–Kier alpha value is -1.95. The van der Waals surface area contributed by atoms with Crippen LogP contribution in [0, 0.1) is 10.1 Å². The van der Waals surface area contributed by atoms with Crippen molar-refractivity contribution >= 4 is 11.6 Å². The summed E-state index contributed by atoms with van der Waals surface area (Å²) in [5.41, 5.74) is 0.795. The number of nitrogens with one attached hydrogen (secondary N) is 2. The first-order valence-corrected chi connectivity index (χ1v) is 6.79. The maximum absolute atomic E-state index is 11.6. The number of carbonyl (C=O) groups is 1. The van der Waals surface area contributed by atoms with Gasteiger partial charge in [-0.25, -0.2) is 0 Å². The minimum atomic E-state index is -0.382. The van der Waals surface area contributed by atoms with E-state index >= 15 is 0 Å². The molecule has 0 heterocycles. The lowest BCUT2D eigenvalue weighted by Crippen LogP contribution is -2.43. The van der Waals surface area contributed by atoms with E-state index in [0.29, 0.717) is 25.1 Å². The lowest BCUT2D eigenvalue weighted by Gasteiger charge is -2.13. The summed E-state index contributed by atoms with van der Waals surface area (Å²) < 4.78 is 0. The summed E-state index contributed by atoms with van der Waals surface area (Å²) in [5, 5.41) is 16.7. The van der Waals surface area contributed by atoms with Crippen molar-refractivity contribution in [3.63, 3.8) is 0 Å². The fraction of sp³-hybridized carbons (Fsp3) is 0.500. The first-order chi connectivity index (χ1) is 9.56. The van der Waals surface area contributed by atoms with E-state index in [9.17, 15) is 14.9 Å². The number of nitro groups is 1. The normalized spacial score (nSPS) is 11.9. The molecule has 0 aliphatic rings. The average Bonchev–Trinajstić information content (AvgIpc) is 2.44. The largest absolute Gasteiger partial charge is 0.355 e. The van der Waals surface area contributed by atoms with Gasteiger partial charge in [0, 0.05) is 24.7 Å². The molecule has 0 aromatic heterocycles. The van der Waals surface area contributed by atoms with E-state index in [-0.39, 0.29) is 22.6 Å². The number of hydrogen-bond acceptors (Lipinski definition) is 4. The van der Waals surface area contributed by atoms with Crippen molar-refractivity contribution in [1.82, 2.24) is 10.6 Å². The van der Waals surface area contributed by atoms with Crippen LogP contribution >= 0.6 is 0 Å². The highest BCUT2D eigenvalue weighted by Gasteiger charge is 2.14. The van der Waals surface area contributed by atoms with E-state index < -0.39 is 0 Å². The topological polar surface area (TPSA) is 84.3 Å². The number of nitrogens with zero attached hydrogens (tertiary/aromatic N) is 1. The Labute approximate surface area is 118 Å². The van der Waals surface area contributed by atoms with E-state index in [2.05, 4.69) is 10.6 Å². The fourth-order valence-electron chi connectivity index (χ4n) is 1.82. The van der Waals surface area contributed by atoms with Gasteiger partial charge in [-0.2, -0.15) is 0 Å². The molecule has 1 aromatic rings. The monoisotopic (exact) mass is 279 g/mol. The zero-order valence-corrected chi connectivity index (χ0v) is 11.9. The summed E-state index contributed by atoms with van der Waals surface area (Å²) in [6, 6.07) is 6.36. The van der Waals surface area contributed by atoms with Gasteiger partial charge >= 0.3 is 0 Å². The third-order valence-electron chi connectivity index (χ3n) is 2.98. The van der Waals surface area contributed by atoms with Crippen molar-refractivity contribution in [2.45, 2.75) is 32.7 Å². The van der Waals surface area contributed by atoms with Crippen LogP contribution in [0.3, 0.4) is 0 Å². The molecule has 6 heteroatoms. The first kappa shape index (κ1) is 16.1. The van der Waals surface area contributed by atoms with Gasteiger partial charge < -0.3 is 10.6 Å². The van der Waals surface area contributed by atoms with Crippen molar-refractivity contribution in [3.8, 4) is 0 Å². The zero-order valence-electron chi connectivity index (χ0n) is 11.9. The quantitative estimate of drug-likeness (QED) is 0.559. The molecule has 0 spiro atoms. The molecule has 0 saturated heterocycles. The highest BCUT2D eigenvalue weighted by Crippen LogP contribution is 2.17. The summed E-state index contributed by atoms with van der Waals surface area (Å²) >= 11 is 0. The molecule has 20 heavy (non-hydrogen) atoms. The predicted octanol–water partition coefficient (Wildman–Crippen LogP) is 1.64. The van der Waals surface area contributed by atoms with Crippen LogP contribution in [0.25, 0.3) is 0 Å². The van der Waals surface area contributed by atoms with Crippen molar-refractivity contribution in [3.05, 3.63) is 39.9 Å². The Morgan fingerprint density at radius 2 is 2.05 bits per heavy atom. The van der Waals surface area contributed by atoms with Gasteiger partial charge in [0.05, 0.1) is 11.0 Å². The fourth-order valence-corrected chi connectivity index (χ4v) is 1.82. The van der Waals surface area contributed by atoms with Crippen LogP contribution in [-0.4, -0.2) is 30.0 Å². The van der Waals surface area contributed by atoms with Crippen LogP contribution in [0.15, 0.2) is 24.3 Å². The Morgan fingerprint density at radius 1 is 1.35 bits per heavy atom. The second-order valence-electron chi connectivity index (χ2n) is 4.60. The minimum absolute atomic E-state index is 0.0468. The summed E-state index contributed by atoms with van der Waals surface area (Å²) in [5.74, 6) is -0.0468. The van der Waals surface area contributed by atoms with Crippen molar-refractivity contribution in [1.29, 1.82) is 0 Å². The van der Waals surface area contributed by atoms with Crippen molar-refractivity contribution in [2.24, 2.45) is 0 Å². The molecule has 0 aliphatic carbocycles. The van der Waals surface area contributed by atoms with Gasteiger partial charge in [0.25, 0.3) is 5.69 Å². The van der Waals surface area contributed by atoms with E-state index in [1.165, 1.54) is 6.07 Å². The van der Waals surface area contributed by atoms with Crippen LogP contribution in [0.2, 0.25) is 0 Å². The van der Waals surface area contributed by atoms with E-state index in [4.69, 9.17) is 0 Å². The molecule has 6 nitrogen and oxygen atoms in total. The number of para-hydroxylation sites is 1. The number of hydrogen-bond donors (Lipinski definition) is 2. The van der Waals surface area contributed by atoms with Crippen LogP contribution < -0.4 is 10.6 Å². The van der Waals surface area contributed by atoms with Gasteiger partial charge in [0.2, 0.25) is 5.91 Å². The molecule has 0 bridgehead atoms. The lowest BCUT2D eigenvalue weighted by molar-refractivity contribution is -0.385. The molecular weight excluding hydrogens is 258 g/mol. The summed E-state index contributed by atoms with van der Waals surface area (Å²) in [6.45, 7) is 4.96. The van der Waals surface area contributed by atoms with Crippen LogP contribution in [0.1, 0.15) is 25.8 Å². The molecule has 1 amide bonds. The third-order valence-corrected chi connectivity index (χ3v) is 2.98. The molecule has 0 radical (unpaired) electrons. The molecule has 0 saturated carbocycles. The van der Waals surface area contributed by atoms with Crippen LogP contribution in [0.4, 0.5) is 5.69 Å². The van der Waals surface area contributed by atoms with E-state index in [1.54, 1.807) is 25.1 Å². The predicted molar refractivity (Wildman–Crippen MR) is 77.6 cm³/mol. The van der Waals surface area contributed by atoms with E-state index in [0.717, 1.165) is 6.42 Å². The van der Waals surface area contributed by atoms with Crippen molar-refractivity contribution in [2.75, 3.05) is 13.1 Å². The Bertz CT molecular complexity index is 463. The molecule has 1 atom stereocenters. The number of nitro benzene ring substituents is 1. The number of amides is 1. The van der Waals surface area contributed by atoms with Gasteiger partial charge in [-0.15, -0.1) is 0 Å². The van der Waals surface area contributed by atoms with Gasteiger partial charge in [0.15, 0.2) is 0 Å². The second kappa shape index (κ2) is 8.27. The molecule has 1 rings (SSSR count). The van der Waals surface area contributed by atoms with Crippen LogP contribution in [0.5, 0.6) is 0 Å². The second-order valence-corrected chi connectivity index (χ2v) is 4.60. The standard InChI is InChI=1S/C14H21N3O3/c1-3-9-16-14(18)11(2)15-10-8-12-6-4-5-7-13(12)17(19)20/h4-7,11,15H,3,8-10H2,1-2H3,(H,16,18). The van der Waals surface area contributed by atoms with Gasteiger partial charge in [-0.3, -0.25) is 14.9 Å². The molecule has 1 aromatic carbocycles. The maximum atomic E-state index is 11.6. The first-order valence-electron chi connectivity index (χ1n) is 6.79. The molecule has 2 N–H and O–H groups in total. The number of rotatable bonds is 8. The average molecular weight is 279 g/mol. The van der Waals surface area contributed by atoms with Gasteiger partial charge in [0.1, 0.15) is 0 Å². The third kappa shape index (κ3) is 4.97. The smallest absolute Gasteiger partial charge is 0.272 e. The zero-order chi connectivity index (χ0) is 15.0. The Morgan fingerprint density at radius 3 is 2.70 bits per heavy atom. The molecule has 0 fully saturated rings. The molecular formula is C14H21N3O3. The molecule has 1 unspecified atom stereocenters. The Kier molecular flexibility index (Phi) is 6.66. The Balaban J connectivity index is 2.44. The molecule has 110 valence electrons. The summed E-state index contributed by atoms with van der Waals surface area (Å²) in [6.07, 6.45) is 1.41. The van der Waals surface area contributed by atoms with Gasteiger partial charge in [-0.05, 0) is 19.8 Å².